The van der Waals surface area contributed by atoms with Crippen LogP contribution in [0.25, 0.3) is 0 Å². The van der Waals surface area contributed by atoms with Gasteiger partial charge in [0.1, 0.15) is 5.60 Å². The predicted molar refractivity (Wildman–Crippen MR) is 61.6 cm³/mol. The molecule has 1 aromatic rings. The van der Waals surface area contributed by atoms with Gasteiger partial charge in [-0.05, 0) is 6.07 Å². The first-order valence-corrected chi connectivity index (χ1v) is 5.37. The molecule has 7 nitrogen and oxygen atoms in total. The van der Waals surface area contributed by atoms with E-state index in [9.17, 15) is 14.9 Å². The molecule has 0 atom stereocenters. The van der Waals surface area contributed by atoms with Gasteiger partial charge in [0.05, 0.1) is 11.3 Å². The summed E-state index contributed by atoms with van der Waals surface area (Å²) in [6.07, 6.45) is -0.188. The Hall–Kier alpha value is -2.15. The van der Waals surface area contributed by atoms with Gasteiger partial charge < -0.3 is 15.2 Å². The standard InChI is InChI=1S/C11H12N2O5/c14-10(15)5-11(6-12-7-11)18-9-4-2-1-3-8(9)13(16)17/h1-4,12H,5-7H2,(H,14,15). The predicted octanol–water partition coefficient (Wildman–Crippen LogP) is 0.790. The molecule has 7 heteroatoms. The van der Waals surface area contributed by atoms with Crippen LogP contribution in [0.15, 0.2) is 24.3 Å². The molecule has 1 aliphatic rings. The molecular weight excluding hydrogens is 240 g/mol. The highest BCUT2D eigenvalue weighted by Gasteiger charge is 2.42. The minimum atomic E-state index is -0.991. The molecule has 0 radical (unpaired) electrons. The smallest absolute Gasteiger partial charge is 0.310 e. The number of rotatable bonds is 5. The Bertz CT molecular complexity index is 484. The highest BCUT2D eigenvalue weighted by Crippen LogP contribution is 2.32. The van der Waals surface area contributed by atoms with Gasteiger partial charge in [0.25, 0.3) is 0 Å². The fraction of sp³-hybridized carbons (Fsp3) is 0.364. The van der Waals surface area contributed by atoms with Crippen molar-refractivity contribution in [2.24, 2.45) is 0 Å². The Morgan fingerprint density at radius 1 is 1.50 bits per heavy atom. The largest absolute Gasteiger partial charge is 0.481 e. The van der Waals surface area contributed by atoms with E-state index in [0.717, 1.165) is 0 Å². The van der Waals surface area contributed by atoms with Crippen LogP contribution in [0.1, 0.15) is 6.42 Å². The first-order valence-electron chi connectivity index (χ1n) is 5.37. The maximum absolute atomic E-state index is 10.8. The average Bonchev–Trinajstić information content (AvgIpc) is 2.26. The van der Waals surface area contributed by atoms with E-state index in [-0.39, 0.29) is 17.9 Å². The van der Waals surface area contributed by atoms with Gasteiger partial charge in [0.2, 0.25) is 0 Å². The van der Waals surface area contributed by atoms with Gasteiger partial charge in [0, 0.05) is 19.2 Å². The molecule has 0 aromatic heterocycles. The van der Waals surface area contributed by atoms with Crippen molar-refractivity contribution in [3.63, 3.8) is 0 Å². The molecule has 1 aliphatic heterocycles. The fourth-order valence-electron chi connectivity index (χ4n) is 1.84. The average molecular weight is 252 g/mol. The maximum atomic E-state index is 10.8. The van der Waals surface area contributed by atoms with E-state index in [4.69, 9.17) is 9.84 Å². The van der Waals surface area contributed by atoms with Crippen molar-refractivity contribution in [3.05, 3.63) is 34.4 Å². The minimum absolute atomic E-state index is 0.102. The number of hydrogen-bond acceptors (Lipinski definition) is 5. The number of ether oxygens (including phenoxy) is 1. The first-order chi connectivity index (χ1) is 8.52. The Kier molecular flexibility index (Phi) is 3.15. The topological polar surface area (TPSA) is 102 Å². The van der Waals surface area contributed by atoms with Crippen LogP contribution < -0.4 is 10.1 Å². The van der Waals surface area contributed by atoms with Crippen LogP contribution in [0.5, 0.6) is 5.75 Å². The number of para-hydroxylation sites is 2. The van der Waals surface area contributed by atoms with E-state index in [2.05, 4.69) is 5.32 Å². The van der Waals surface area contributed by atoms with Gasteiger partial charge in [-0.2, -0.15) is 0 Å². The van der Waals surface area contributed by atoms with Gasteiger partial charge in [-0.3, -0.25) is 14.9 Å². The van der Waals surface area contributed by atoms with Crippen molar-refractivity contribution in [1.29, 1.82) is 0 Å². The number of nitrogens with zero attached hydrogens (tertiary/aromatic N) is 1. The van der Waals surface area contributed by atoms with Crippen LogP contribution in [-0.4, -0.2) is 34.7 Å². The second-order valence-electron chi connectivity index (χ2n) is 4.18. The summed E-state index contributed by atoms with van der Waals surface area (Å²) in [5.74, 6) is -0.889. The normalized spacial score (nSPS) is 16.7. The zero-order valence-electron chi connectivity index (χ0n) is 9.46. The summed E-state index contributed by atoms with van der Waals surface area (Å²) in [5.41, 5.74) is -1.05. The molecule has 0 unspecified atom stereocenters. The Morgan fingerprint density at radius 2 is 2.17 bits per heavy atom. The van der Waals surface area contributed by atoms with E-state index in [1.54, 1.807) is 6.07 Å². The van der Waals surface area contributed by atoms with E-state index < -0.39 is 16.5 Å². The molecule has 2 rings (SSSR count). The van der Waals surface area contributed by atoms with E-state index >= 15 is 0 Å². The van der Waals surface area contributed by atoms with Gasteiger partial charge >= 0.3 is 11.7 Å². The molecule has 0 spiro atoms. The van der Waals surface area contributed by atoms with Crippen molar-refractivity contribution in [2.75, 3.05) is 13.1 Å². The van der Waals surface area contributed by atoms with Gasteiger partial charge in [-0.25, -0.2) is 0 Å². The fourth-order valence-corrected chi connectivity index (χ4v) is 1.84. The highest BCUT2D eigenvalue weighted by molar-refractivity contribution is 5.68. The summed E-state index contributed by atoms with van der Waals surface area (Å²) in [6, 6.07) is 5.95. The Morgan fingerprint density at radius 3 is 2.67 bits per heavy atom. The van der Waals surface area contributed by atoms with Crippen LogP contribution in [0.4, 0.5) is 5.69 Å². The number of aliphatic carboxylic acids is 1. The van der Waals surface area contributed by atoms with Crippen molar-refractivity contribution in [3.8, 4) is 5.75 Å². The number of benzene rings is 1. The molecule has 0 aliphatic carbocycles. The maximum Gasteiger partial charge on any atom is 0.310 e. The number of hydrogen-bond donors (Lipinski definition) is 2. The van der Waals surface area contributed by atoms with Gasteiger partial charge in [-0.1, -0.05) is 12.1 Å². The lowest BCUT2D eigenvalue weighted by atomic mass is 9.92. The summed E-state index contributed by atoms with van der Waals surface area (Å²) in [6.45, 7) is 0.733. The molecule has 18 heavy (non-hydrogen) atoms. The quantitative estimate of drug-likeness (QED) is 0.593. The Labute approximate surface area is 103 Å². The summed E-state index contributed by atoms with van der Waals surface area (Å²) < 4.78 is 5.56. The number of carboxylic acids is 1. The number of nitro benzene ring substituents is 1. The third-order valence-corrected chi connectivity index (χ3v) is 2.76. The molecule has 1 saturated heterocycles. The van der Waals surface area contributed by atoms with Crippen LogP contribution in [-0.2, 0) is 4.79 Å². The molecule has 1 aromatic carbocycles. The number of carbonyl (C=O) groups is 1. The molecule has 0 amide bonds. The van der Waals surface area contributed by atoms with Crippen LogP contribution in [0.2, 0.25) is 0 Å². The number of carboxylic acid groups (broad SMARTS) is 1. The molecule has 0 bridgehead atoms. The molecule has 1 fully saturated rings. The van der Waals surface area contributed by atoms with Gasteiger partial charge in [0.15, 0.2) is 5.75 Å². The van der Waals surface area contributed by atoms with Crippen LogP contribution >= 0.6 is 0 Å². The van der Waals surface area contributed by atoms with Crippen molar-refractivity contribution in [2.45, 2.75) is 12.0 Å². The molecule has 96 valence electrons. The van der Waals surface area contributed by atoms with E-state index in [1.165, 1.54) is 18.2 Å². The highest BCUT2D eigenvalue weighted by atomic mass is 16.6. The number of nitrogens with one attached hydrogen (secondary N) is 1. The summed E-state index contributed by atoms with van der Waals surface area (Å²) >= 11 is 0. The third kappa shape index (κ3) is 2.40. The molecule has 1 heterocycles. The second-order valence-corrected chi connectivity index (χ2v) is 4.18. The van der Waals surface area contributed by atoms with Crippen LogP contribution in [0, 0.1) is 10.1 Å². The van der Waals surface area contributed by atoms with E-state index in [1.807, 2.05) is 0 Å². The zero-order valence-corrected chi connectivity index (χ0v) is 9.46. The van der Waals surface area contributed by atoms with E-state index in [0.29, 0.717) is 13.1 Å². The third-order valence-electron chi connectivity index (χ3n) is 2.76. The summed E-state index contributed by atoms with van der Waals surface area (Å²) in [7, 11) is 0. The van der Waals surface area contributed by atoms with Crippen molar-refractivity contribution >= 4 is 11.7 Å². The monoisotopic (exact) mass is 252 g/mol. The Balaban J connectivity index is 2.22. The lowest BCUT2D eigenvalue weighted by Crippen LogP contribution is -2.64. The molecule has 0 saturated carbocycles. The lowest BCUT2D eigenvalue weighted by Gasteiger charge is -2.41. The molecular formula is C11H12N2O5. The summed E-state index contributed by atoms with van der Waals surface area (Å²) in [5, 5.41) is 22.6. The second kappa shape index (κ2) is 4.61. The first kappa shape index (κ1) is 12.3. The number of nitro groups is 1. The SMILES string of the molecule is O=C(O)CC1(Oc2ccccc2[N+](=O)[O-])CNC1. The van der Waals surface area contributed by atoms with Crippen molar-refractivity contribution < 1.29 is 19.6 Å². The summed E-state index contributed by atoms with van der Waals surface area (Å²) in [4.78, 5) is 21.1. The molecule has 2 N–H and O–H groups in total. The van der Waals surface area contributed by atoms with Crippen molar-refractivity contribution in [1.82, 2.24) is 5.32 Å². The minimum Gasteiger partial charge on any atom is -0.481 e. The van der Waals surface area contributed by atoms with Crippen LogP contribution in [0.3, 0.4) is 0 Å². The lowest BCUT2D eigenvalue weighted by molar-refractivity contribution is -0.386. The van der Waals surface area contributed by atoms with Gasteiger partial charge in [-0.15, -0.1) is 0 Å². The zero-order chi connectivity index (χ0) is 13.2.